The summed E-state index contributed by atoms with van der Waals surface area (Å²) in [7, 11) is 0. The monoisotopic (exact) mass is 263 g/mol. The normalized spacial score (nSPS) is 20.6. The fraction of sp³-hybridized carbons (Fsp3) is 0.263. The van der Waals surface area contributed by atoms with Gasteiger partial charge in [-0.2, -0.15) is 0 Å². The van der Waals surface area contributed by atoms with Crippen LogP contribution < -0.4 is 5.32 Å². The molecule has 1 aliphatic rings. The van der Waals surface area contributed by atoms with Crippen LogP contribution in [0.25, 0.3) is 0 Å². The second kappa shape index (κ2) is 6.06. The average molecular weight is 263 g/mol. The number of hydrogen-bond acceptors (Lipinski definition) is 1. The third kappa shape index (κ3) is 2.68. The molecule has 20 heavy (non-hydrogen) atoms. The fourth-order valence-corrected chi connectivity index (χ4v) is 3.21. The Labute approximate surface area is 121 Å². The first kappa shape index (κ1) is 13.1. The molecule has 0 aliphatic heterocycles. The molecule has 1 heteroatoms. The van der Waals surface area contributed by atoms with Crippen LogP contribution in [0.2, 0.25) is 0 Å². The molecule has 0 saturated heterocycles. The summed E-state index contributed by atoms with van der Waals surface area (Å²) in [5.74, 6) is 0.633. The SMILES string of the molecule is C=CC[C@@H]1Cc2ccccc2[C@@H]1NCc1ccccc1. The Morgan fingerprint density at radius 2 is 1.80 bits per heavy atom. The van der Waals surface area contributed by atoms with Gasteiger partial charge in [0.05, 0.1) is 0 Å². The van der Waals surface area contributed by atoms with E-state index in [1.807, 2.05) is 6.08 Å². The highest BCUT2D eigenvalue weighted by Crippen LogP contribution is 2.38. The molecular weight excluding hydrogens is 242 g/mol. The summed E-state index contributed by atoms with van der Waals surface area (Å²) in [5, 5.41) is 3.74. The molecule has 2 aromatic rings. The first-order valence-corrected chi connectivity index (χ1v) is 7.34. The van der Waals surface area contributed by atoms with Crippen molar-refractivity contribution in [2.24, 2.45) is 5.92 Å². The van der Waals surface area contributed by atoms with E-state index in [4.69, 9.17) is 0 Å². The second-order valence-corrected chi connectivity index (χ2v) is 5.53. The number of allylic oxidation sites excluding steroid dienone is 1. The maximum atomic E-state index is 3.91. The van der Waals surface area contributed by atoms with E-state index in [-0.39, 0.29) is 0 Å². The maximum Gasteiger partial charge on any atom is 0.0360 e. The van der Waals surface area contributed by atoms with E-state index in [0.29, 0.717) is 12.0 Å². The van der Waals surface area contributed by atoms with Gasteiger partial charge in [0.2, 0.25) is 0 Å². The molecule has 102 valence electrons. The minimum Gasteiger partial charge on any atom is -0.306 e. The van der Waals surface area contributed by atoms with Crippen LogP contribution in [0.15, 0.2) is 67.3 Å². The highest BCUT2D eigenvalue weighted by atomic mass is 14.9. The molecule has 1 aliphatic carbocycles. The molecule has 0 bridgehead atoms. The van der Waals surface area contributed by atoms with E-state index in [9.17, 15) is 0 Å². The van der Waals surface area contributed by atoms with Gasteiger partial charge in [0.15, 0.2) is 0 Å². The van der Waals surface area contributed by atoms with Crippen LogP contribution in [-0.4, -0.2) is 0 Å². The minimum absolute atomic E-state index is 0.449. The van der Waals surface area contributed by atoms with Crippen LogP contribution in [0.4, 0.5) is 0 Å². The van der Waals surface area contributed by atoms with E-state index in [2.05, 4.69) is 66.5 Å². The summed E-state index contributed by atoms with van der Waals surface area (Å²) in [5.41, 5.74) is 4.30. The molecule has 3 rings (SSSR count). The highest BCUT2D eigenvalue weighted by molar-refractivity contribution is 5.36. The van der Waals surface area contributed by atoms with Crippen LogP contribution in [0.1, 0.15) is 29.2 Å². The van der Waals surface area contributed by atoms with Crippen molar-refractivity contribution in [1.82, 2.24) is 5.32 Å². The van der Waals surface area contributed by atoms with Crippen molar-refractivity contribution in [2.75, 3.05) is 0 Å². The van der Waals surface area contributed by atoms with Crippen LogP contribution in [-0.2, 0) is 13.0 Å². The second-order valence-electron chi connectivity index (χ2n) is 5.53. The van der Waals surface area contributed by atoms with Gasteiger partial charge in [0.25, 0.3) is 0 Å². The lowest BCUT2D eigenvalue weighted by atomic mass is 9.97. The lowest BCUT2D eigenvalue weighted by Crippen LogP contribution is -2.24. The van der Waals surface area contributed by atoms with Crippen LogP contribution in [0.5, 0.6) is 0 Å². The fourth-order valence-electron chi connectivity index (χ4n) is 3.21. The van der Waals surface area contributed by atoms with Crippen molar-refractivity contribution in [1.29, 1.82) is 0 Å². The van der Waals surface area contributed by atoms with Gasteiger partial charge in [-0.25, -0.2) is 0 Å². The van der Waals surface area contributed by atoms with E-state index in [1.54, 1.807) is 0 Å². The van der Waals surface area contributed by atoms with Crippen molar-refractivity contribution < 1.29 is 0 Å². The maximum absolute atomic E-state index is 3.91. The zero-order chi connectivity index (χ0) is 13.8. The predicted molar refractivity (Wildman–Crippen MR) is 84.5 cm³/mol. The van der Waals surface area contributed by atoms with Gasteiger partial charge in [0.1, 0.15) is 0 Å². The molecule has 0 fully saturated rings. The van der Waals surface area contributed by atoms with Crippen LogP contribution in [0.3, 0.4) is 0 Å². The van der Waals surface area contributed by atoms with Crippen LogP contribution in [0, 0.1) is 5.92 Å². The largest absolute Gasteiger partial charge is 0.306 e. The van der Waals surface area contributed by atoms with Gasteiger partial charge in [0, 0.05) is 12.6 Å². The molecule has 0 unspecified atom stereocenters. The zero-order valence-corrected chi connectivity index (χ0v) is 11.8. The predicted octanol–water partition coefficient (Wildman–Crippen LogP) is 4.27. The molecule has 2 aromatic carbocycles. The van der Waals surface area contributed by atoms with Gasteiger partial charge in [-0.05, 0) is 35.4 Å². The molecule has 0 heterocycles. The summed E-state index contributed by atoms with van der Waals surface area (Å²) in [6, 6.07) is 19.9. The summed E-state index contributed by atoms with van der Waals surface area (Å²) in [6.45, 7) is 4.84. The summed E-state index contributed by atoms with van der Waals surface area (Å²) in [4.78, 5) is 0. The molecule has 0 saturated carbocycles. The van der Waals surface area contributed by atoms with Crippen molar-refractivity contribution in [3.8, 4) is 0 Å². The Morgan fingerprint density at radius 1 is 1.05 bits per heavy atom. The van der Waals surface area contributed by atoms with Crippen molar-refractivity contribution in [2.45, 2.75) is 25.4 Å². The summed E-state index contributed by atoms with van der Waals surface area (Å²) in [6.07, 6.45) is 4.28. The molecule has 1 nitrogen and oxygen atoms in total. The Bertz CT molecular complexity index is 573. The quantitative estimate of drug-likeness (QED) is 0.795. The Balaban J connectivity index is 1.76. The van der Waals surface area contributed by atoms with Gasteiger partial charge >= 0.3 is 0 Å². The minimum atomic E-state index is 0.449. The first-order valence-electron chi connectivity index (χ1n) is 7.34. The molecule has 1 N–H and O–H groups in total. The summed E-state index contributed by atoms with van der Waals surface area (Å²) < 4.78 is 0. The Hall–Kier alpha value is -1.86. The third-order valence-electron chi connectivity index (χ3n) is 4.18. The van der Waals surface area contributed by atoms with Gasteiger partial charge in [-0.1, -0.05) is 60.7 Å². The number of rotatable bonds is 5. The standard InChI is InChI=1S/C19H21N/c1-2-8-17-13-16-11-6-7-12-18(16)19(17)20-14-15-9-4-3-5-10-15/h2-7,9-12,17,19-20H,1,8,13-14H2/t17-,19-/m1/s1. The average Bonchev–Trinajstić information content (AvgIpc) is 2.84. The van der Waals surface area contributed by atoms with Crippen molar-refractivity contribution >= 4 is 0 Å². The lowest BCUT2D eigenvalue weighted by molar-refractivity contribution is 0.390. The Morgan fingerprint density at radius 3 is 2.60 bits per heavy atom. The Kier molecular flexibility index (Phi) is 3.98. The van der Waals surface area contributed by atoms with Crippen molar-refractivity contribution in [3.05, 3.63) is 83.9 Å². The highest BCUT2D eigenvalue weighted by Gasteiger charge is 2.30. The zero-order valence-electron chi connectivity index (χ0n) is 11.8. The smallest absolute Gasteiger partial charge is 0.0360 e. The number of nitrogens with one attached hydrogen (secondary N) is 1. The van der Waals surface area contributed by atoms with E-state index in [1.165, 1.54) is 16.7 Å². The third-order valence-corrected chi connectivity index (χ3v) is 4.18. The molecule has 0 spiro atoms. The molecule has 0 radical (unpaired) electrons. The van der Waals surface area contributed by atoms with E-state index in [0.717, 1.165) is 19.4 Å². The van der Waals surface area contributed by atoms with Crippen molar-refractivity contribution in [3.63, 3.8) is 0 Å². The number of benzene rings is 2. The van der Waals surface area contributed by atoms with Gasteiger partial charge < -0.3 is 5.32 Å². The lowest BCUT2D eigenvalue weighted by Gasteiger charge is -2.21. The van der Waals surface area contributed by atoms with E-state index >= 15 is 0 Å². The van der Waals surface area contributed by atoms with Gasteiger partial charge in [-0.3, -0.25) is 0 Å². The van der Waals surface area contributed by atoms with Gasteiger partial charge in [-0.15, -0.1) is 6.58 Å². The molecular formula is C19H21N. The molecule has 0 aromatic heterocycles. The number of hydrogen-bond donors (Lipinski definition) is 1. The summed E-state index contributed by atoms with van der Waals surface area (Å²) >= 11 is 0. The van der Waals surface area contributed by atoms with E-state index < -0.39 is 0 Å². The molecule has 0 amide bonds. The van der Waals surface area contributed by atoms with Crippen LogP contribution >= 0.6 is 0 Å². The topological polar surface area (TPSA) is 12.0 Å². The number of fused-ring (bicyclic) bond motifs is 1. The molecule has 2 atom stereocenters. The first-order chi connectivity index (χ1) is 9.88.